The van der Waals surface area contributed by atoms with Gasteiger partial charge in [-0.3, -0.25) is 4.79 Å². The summed E-state index contributed by atoms with van der Waals surface area (Å²) >= 11 is 5.92. The Labute approximate surface area is 120 Å². The molecule has 3 rings (SSSR count). The first-order chi connectivity index (χ1) is 9.72. The maximum atomic E-state index is 11.9. The third-order valence-electron chi connectivity index (χ3n) is 2.91. The molecule has 1 N–H and O–H groups in total. The van der Waals surface area contributed by atoms with E-state index in [9.17, 15) is 4.79 Å². The molecule has 0 fully saturated rings. The number of rotatable bonds is 2. The lowest BCUT2D eigenvalue weighted by Gasteiger charge is -1.98. The second-order valence-electron chi connectivity index (χ2n) is 4.36. The van der Waals surface area contributed by atoms with Crippen LogP contribution in [-0.2, 0) is 0 Å². The Morgan fingerprint density at radius 2 is 1.90 bits per heavy atom. The summed E-state index contributed by atoms with van der Waals surface area (Å²) in [6, 6.07) is 14.8. The molecule has 0 atom stereocenters. The van der Waals surface area contributed by atoms with Crippen LogP contribution in [0.3, 0.4) is 0 Å². The van der Waals surface area contributed by atoms with Crippen LogP contribution in [0, 0.1) is 0 Å². The molecule has 0 unspecified atom stereocenters. The van der Waals surface area contributed by atoms with E-state index in [1.165, 1.54) is 0 Å². The molecule has 3 aromatic rings. The van der Waals surface area contributed by atoms with E-state index in [1.807, 2.05) is 48.5 Å². The summed E-state index contributed by atoms with van der Waals surface area (Å²) in [5, 5.41) is 0.660. The van der Waals surface area contributed by atoms with Gasteiger partial charge >= 0.3 is 0 Å². The van der Waals surface area contributed by atoms with Crippen molar-refractivity contribution in [2.75, 3.05) is 0 Å². The van der Waals surface area contributed by atoms with Crippen molar-refractivity contribution in [3.63, 3.8) is 0 Å². The summed E-state index contributed by atoms with van der Waals surface area (Å²) in [4.78, 5) is 19.1. The zero-order valence-corrected chi connectivity index (χ0v) is 11.3. The fourth-order valence-electron chi connectivity index (χ4n) is 1.94. The molecule has 0 amide bonds. The van der Waals surface area contributed by atoms with Crippen molar-refractivity contribution in [3.8, 4) is 0 Å². The Morgan fingerprint density at radius 3 is 2.75 bits per heavy atom. The predicted octanol–water partition coefficient (Wildman–Crippen LogP) is 3.75. The van der Waals surface area contributed by atoms with E-state index >= 15 is 0 Å². The molecule has 0 aliphatic rings. The van der Waals surface area contributed by atoms with Crippen LogP contribution in [0.4, 0.5) is 0 Å². The zero-order chi connectivity index (χ0) is 13.9. The van der Waals surface area contributed by atoms with Gasteiger partial charge in [0.25, 0.3) is 5.56 Å². The quantitative estimate of drug-likeness (QED) is 0.778. The lowest BCUT2D eigenvalue weighted by atomic mass is 10.2. The zero-order valence-electron chi connectivity index (χ0n) is 10.5. The first kappa shape index (κ1) is 12.6. The number of H-pyrrole nitrogens is 1. The Kier molecular flexibility index (Phi) is 3.35. The average molecular weight is 283 g/mol. The summed E-state index contributed by atoms with van der Waals surface area (Å²) in [6.07, 6.45) is 3.51. The number of benzene rings is 2. The highest BCUT2D eigenvalue weighted by molar-refractivity contribution is 6.30. The van der Waals surface area contributed by atoms with Crippen LogP contribution in [0.2, 0.25) is 5.02 Å². The molecular weight excluding hydrogens is 272 g/mol. The smallest absolute Gasteiger partial charge is 0.274 e. The van der Waals surface area contributed by atoms with Crippen molar-refractivity contribution in [1.29, 1.82) is 0 Å². The third-order valence-corrected chi connectivity index (χ3v) is 3.14. The molecule has 0 bridgehead atoms. The number of hydrogen-bond donors (Lipinski definition) is 1. The van der Waals surface area contributed by atoms with Gasteiger partial charge in [-0.15, -0.1) is 0 Å². The molecule has 98 valence electrons. The number of nitrogens with one attached hydrogen (secondary N) is 1. The van der Waals surface area contributed by atoms with Crippen molar-refractivity contribution in [2.24, 2.45) is 0 Å². The number of halogens is 1. The van der Waals surface area contributed by atoms with Crippen molar-refractivity contribution >= 4 is 34.8 Å². The Bertz CT molecular complexity index is 852. The number of nitrogens with zero attached hydrogens (tertiary/aromatic N) is 1. The van der Waals surface area contributed by atoms with Gasteiger partial charge in [0.05, 0.1) is 11.0 Å². The molecule has 0 aliphatic carbocycles. The fourth-order valence-corrected chi connectivity index (χ4v) is 2.14. The molecule has 2 aromatic carbocycles. The van der Waals surface area contributed by atoms with Gasteiger partial charge in [0.2, 0.25) is 0 Å². The Balaban J connectivity index is 2.02. The van der Waals surface area contributed by atoms with Crippen LogP contribution in [0.5, 0.6) is 0 Å². The molecular formula is C16H11ClN2O. The van der Waals surface area contributed by atoms with E-state index < -0.39 is 0 Å². The van der Waals surface area contributed by atoms with Crippen LogP contribution < -0.4 is 5.56 Å². The van der Waals surface area contributed by atoms with Crippen LogP contribution in [-0.4, -0.2) is 9.97 Å². The lowest BCUT2D eigenvalue weighted by molar-refractivity contribution is 1.19. The second-order valence-corrected chi connectivity index (χ2v) is 4.79. The summed E-state index contributed by atoms with van der Waals surface area (Å²) in [7, 11) is 0. The van der Waals surface area contributed by atoms with Crippen LogP contribution in [0.1, 0.15) is 11.3 Å². The van der Waals surface area contributed by atoms with Gasteiger partial charge in [-0.25, -0.2) is 4.98 Å². The van der Waals surface area contributed by atoms with Gasteiger partial charge in [-0.1, -0.05) is 41.9 Å². The lowest BCUT2D eigenvalue weighted by Crippen LogP contribution is -2.11. The highest BCUT2D eigenvalue weighted by Crippen LogP contribution is 2.13. The minimum absolute atomic E-state index is 0.207. The molecule has 1 aromatic heterocycles. The monoisotopic (exact) mass is 282 g/mol. The minimum atomic E-state index is -0.207. The molecule has 3 nitrogen and oxygen atoms in total. The van der Waals surface area contributed by atoms with Crippen molar-refractivity contribution in [2.45, 2.75) is 0 Å². The van der Waals surface area contributed by atoms with Crippen LogP contribution >= 0.6 is 11.6 Å². The van der Waals surface area contributed by atoms with Crippen molar-refractivity contribution in [1.82, 2.24) is 9.97 Å². The Hall–Kier alpha value is -2.39. The number of para-hydroxylation sites is 2. The number of fused-ring (bicyclic) bond motifs is 1. The van der Waals surface area contributed by atoms with Gasteiger partial charge in [-0.05, 0) is 35.9 Å². The van der Waals surface area contributed by atoms with Gasteiger partial charge in [-0.2, -0.15) is 0 Å². The Morgan fingerprint density at radius 1 is 1.05 bits per heavy atom. The van der Waals surface area contributed by atoms with E-state index in [0.717, 1.165) is 16.6 Å². The minimum Gasteiger partial charge on any atom is -0.319 e. The fraction of sp³-hybridized carbons (Fsp3) is 0. The standard InChI is InChI=1S/C16H11ClN2O/c17-12-5-3-4-11(10-12)8-9-15-16(20)19-14-7-2-1-6-13(14)18-15/h1-10H,(H,19,20). The number of aromatic amines is 1. The molecule has 0 radical (unpaired) electrons. The first-order valence-corrected chi connectivity index (χ1v) is 6.53. The first-order valence-electron chi connectivity index (χ1n) is 6.15. The van der Waals surface area contributed by atoms with Crippen molar-refractivity contribution in [3.05, 3.63) is 75.2 Å². The largest absolute Gasteiger partial charge is 0.319 e. The maximum Gasteiger partial charge on any atom is 0.274 e. The second kappa shape index (κ2) is 5.31. The van der Waals surface area contributed by atoms with Gasteiger partial charge < -0.3 is 4.98 Å². The normalized spacial score (nSPS) is 11.2. The van der Waals surface area contributed by atoms with E-state index in [2.05, 4.69) is 9.97 Å². The topological polar surface area (TPSA) is 45.8 Å². The van der Waals surface area contributed by atoms with Crippen LogP contribution in [0.15, 0.2) is 53.3 Å². The van der Waals surface area contributed by atoms with Gasteiger partial charge in [0, 0.05) is 5.02 Å². The summed E-state index contributed by atoms with van der Waals surface area (Å²) in [5.74, 6) is 0. The molecule has 0 saturated heterocycles. The maximum absolute atomic E-state index is 11.9. The molecule has 0 spiro atoms. The average Bonchev–Trinajstić information content (AvgIpc) is 2.45. The van der Waals surface area contributed by atoms with Gasteiger partial charge in [0.1, 0.15) is 5.69 Å². The predicted molar refractivity (Wildman–Crippen MR) is 82.7 cm³/mol. The SMILES string of the molecule is O=c1[nH]c2ccccc2nc1C=Cc1cccc(Cl)c1. The number of hydrogen-bond acceptors (Lipinski definition) is 2. The highest BCUT2D eigenvalue weighted by atomic mass is 35.5. The number of aromatic nitrogens is 2. The highest BCUT2D eigenvalue weighted by Gasteiger charge is 2.00. The molecule has 0 aliphatic heterocycles. The summed E-state index contributed by atoms with van der Waals surface area (Å²) in [5.41, 5.74) is 2.59. The van der Waals surface area contributed by atoms with E-state index in [4.69, 9.17) is 11.6 Å². The molecule has 20 heavy (non-hydrogen) atoms. The van der Waals surface area contributed by atoms with Gasteiger partial charge in [0.15, 0.2) is 0 Å². The molecule has 0 saturated carbocycles. The third kappa shape index (κ3) is 2.63. The van der Waals surface area contributed by atoms with E-state index in [-0.39, 0.29) is 5.56 Å². The van der Waals surface area contributed by atoms with E-state index in [1.54, 1.807) is 12.1 Å². The van der Waals surface area contributed by atoms with E-state index in [0.29, 0.717) is 10.7 Å². The molecule has 4 heteroatoms. The van der Waals surface area contributed by atoms with Crippen molar-refractivity contribution < 1.29 is 0 Å². The summed E-state index contributed by atoms with van der Waals surface area (Å²) < 4.78 is 0. The van der Waals surface area contributed by atoms with Crippen LogP contribution in [0.25, 0.3) is 23.2 Å². The molecule has 1 heterocycles. The summed E-state index contributed by atoms with van der Waals surface area (Å²) in [6.45, 7) is 0.